The van der Waals surface area contributed by atoms with Crippen molar-refractivity contribution in [2.24, 2.45) is 5.10 Å². The third kappa shape index (κ3) is 5.36. The van der Waals surface area contributed by atoms with Gasteiger partial charge in [0.15, 0.2) is 17.3 Å². The minimum absolute atomic E-state index is 0.0793. The Labute approximate surface area is 204 Å². The van der Waals surface area contributed by atoms with Gasteiger partial charge in [-0.1, -0.05) is 22.9 Å². The number of hydrogen-bond donors (Lipinski definition) is 1. The number of hydrazone groups is 1. The van der Waals surface area contributed by atoms with Crippen LogP contribution in [-0.4, -0.2) is 25.3 Å². The fraction of sp³-hybridized carbons (Fsp3) is 0.238. The molecule has 6 nitrogen and oxygen atoms in total. The number of rotatable bonds is 7. The Morgan fingerprint density at radius 3 is 2.77 bits per heavy atom. The second kappa shape index (κ2) is 10.1. The van der Waals surface area contributed by atoms with E-state index in [0.717, 1.165) is 29.9 Å². The summed E-state index contributed by atoms with van der Waals surface area (Å²) in [6.45, 7) is 4.07. The van der Waals surface area contributed by atoms with Crippen LogP contribution in [0.25, 0.3) is 11.0 Å². The van der Waals surface area contributed by atoms with Crippen LogP contribution < -0.4 is 14.9 Å². The maximum atomic E-state index is 12.4. The number of nitrogens with one attached hydrogen (secondary N) is 1. The van der Waals surface area contributed by atoms with E-state index in [1.54, 1.807) is 19.4 Å². The highest BCUT2D eigenvalue weighted by Gasteiger charge is 2.15. The summed E-state index contributed by atoms with van der Waals surface area (Å²) in [5.41, 5.74) is 3.86. The average molecular weight is 650 g/mol. The van der Waals surface area contributed by atoms with Crippen LogP contribution >= 0.6 is 54.5 Å². The second-order valence-electron chi connectivity index (χ2n) is 6.49. The largest absolute Gasteiger partial charge is 0.493 e. The van der Waals surface area contributed by atoms with Gasteiger partial charge < -0.3 is 13.9 Å². The first-order chi connectivity index (χ1) is 14.3. The summed E-state index contributed by atoms with van der Waals surface area (Å²) < 4.78 is 19.6. The van der Waals surface area contributed by atoms with E-state index >= 15 is 0 Å². The SMILES string of the molecule is CCC(C)Oc1c(I)cc(/C=N\NC(=O)c2cc3cc(Br)cc(Br)c3o2)cc1OC. The van der Waals surface area contributed by atoms with Gasteiger partial charge in [0.25, 0.3) is 0 Å². The minimum atomic E-state index is -0.441. The summed E-state index contributed by atoms with van der Waals surface area (Å²) in [5.74, 6) is 1.05. The van der Waals surface area contributed by atoms with Crippen LogP contribution in [0.2, 0.25) is 0 Å². The first kappa shape index (κ1) is 23.1. The number of methoxy groups -OCH3 is 1. The van der Waals surface area contributed by atoms with Gasteiger partial charge >= 0.3 is 5.91 Å². The van der Waals surface area contributed by atoms with Gasteiger partial charge in [-0.15, -0.1) is 0 Å². The Bertz CT molecular complexity index is 1110. The number of carbonyl (C=O) groups is 1. The third-order valence-electron chi connectivity index (χ3n) is 4.28. The highest BCUT2D eigenvalue weighted by molar-refractivity contribution is 14.1. The van der Waals surface area contributed by atoms with E-state index in [9.17, 15) is 4.79 Å². The molecule has 3 rings (SSSR count). The highest BCUT2D eigenvalue weighted by Crippen LogP contribution is 2.34. The van der Waals surface area contributed by atoms with Crippen LogP contribution in [-0.2, 0) is 0 Å². The lowest BCUT2D eigenvalue weighted by Crippen LogP contribution is -2.16. The van der Waals surface area contributed by atoms with Crippen molar-refractivity contribution in [1.82, 2.24) is 5.43 Å². The molecule has 0 radical (unpaired) electrons. The predicted molar refractivity (Wildman–Crippen MR) is 133 cm³/mol. The summed E-state index contributed by atoms with van der Waals surface area (Å²) in [4.78, 5) is 12.4. The molecule has 0 aliphatic carbocycles. The van der Waals surface area contributed by atoms with Crippen molar-refractivity contribution >= 4 is 77.5 Å². The summed E-state index contributed by atoms with van der Waals surface area (Å²) in [6.07, 6.45) is 2.52. The molecule has 158 valence electrons. The molecule has 0 spiro atoms. The van der Waals surface area contributed by atoms with Crippen LogP contribution in [0.15, 0.2) is 48.8 Å². The van der Waals surface area contributed by atoms with E-state index in [1.807, 2.05) is 31.2 Å². The van der Waals surface area contributed by atoms with Crippen LogP contribution in [0.4, 0.5) is 0 Å². The standard InChI is InChI=1S/C21H19Br2IN2O4/c1-4-11(2)29-20-16(24)5-12(6-17(20)28-3)10-25-26-21(27)18-8-13-7-14(22)9-15(23)19(13)30-18/h5-11H,4H2,1-3H3,(H,26,27)/b25-10-. The topological polar surface area (TPSA) is 73.1 Å². The van der Waals surface area contributed by atoms with Gasteiger partial charge in [-0.25, -0.2) is 5.43 Å². The van der Waals surface area contributed by atoms with E-state index in [4.69, 9.17) is 13.9 Å². The summed E-state index contributed by atoms with van der Waals surface area (Å²) in [5, 5.41) is 4.85. The van der Waals surface area contributed by atoms with Crippen LogP contribution in [0.3, 0.4) is 0 Å². The molecule has 0 fully saturated rings. The van der Waals surface area contributed by atoms with E-state index in [1.165, 1.54) is 0 Å². The molecule has 3 aromatic rings. The molecule has 1 amide bonds. The van der Waals surface area contributed by atoms with Crippen LogP contribution in [0.5, 0.6) is 11.5 Å². The Morgan fingerprint density at radius 1 is 1.30 bits per heavy atom. The molecule has 0 aliphatic heterocycles. The Hall–Kier alpha value is -1.59. The van der Waals surface area contributed by atoms with Crippen molar-refractivity contribution in [3.8, 4) is 11.5 Å². The predicted octanol–water partition coefficient (Wildman–Crippen LogP) is 6.51. The van der Waals surface area contributed by atoms with Gasteiger partial charge in [0, 0.05) is 9.86 Å². The third-order valence-corrected chi connectivity index (χ3v) is 6.13. The van der Waals surface area contributed by atoms with Crippen molar-refractivity contribution in [3.05, 3.63) is 54.2 Å². The van der Waals surface area contributed by atoms with Gasteiger partial charge in [0.05, 0.1) is 27.5 Å². The minimum Gasteiger partial charge on any atom is -0.493 e. The van der Waals surface area contributed by atoms with Gasteiger partial charge in [0.2, 0.25) is 0 Å². The molecule has 1 heterocycles. The Balaban J connectivity index is 1.75. The van der Waals surface area contributed by atoms with Crippen molar-refractivity contribution < 1.29 is 18.7 Å². The van der Waals surface area contributed by atoms with Crippen molar-refractivity contribution in [2.45, 2.75) is 26.4 Å². The maximum absolute atomic E-state index is 12.4. The quantitative estimate of drug-likeness (QED) is 0.180. The van der Waals surface area contributed by atoms with Crippen molar-refractivity contribution in [3.63, 3.8) is 0 Å². The zero-order valence-corrected chi connectivity index (χ0v) is 21.8. The molecule has 9 heteroatoms. The van der Waals surface area contributed by atoms with Crippen molar-refractivity contribution in [2.75, 3.05) is 7.11 Å². The monoisotopic (exact) mass is 648 g/mol. The number of nitrogens with zero attached hydrogens (tertiary/aromatic N) is 1. The van der Waals surface area contributed by atoms with Crippen molar-refractivity contribution in [1.29, 1.82) is 0 Å². The summed E-state index contributed by atoms with van der Waals surface area (Å²) in [6, 6.07) is 9.12. The second-order valence-corrected chi connectivity index (χ2v) is 9.42. The lowest BCUT2D eigenvalue weighted by molar-refractivity contribution is 0.0929. The normalized spacial score (nSPS) is 12.3. The van der Waals surface area contributed by atoms with Gasteiger partial charge in [-0.05, 0) is 87.8 Å². The molecule has 1 unspecified atom stereocenters. The summed E-state index contributed by atoms with van der Waals surface area (Å²) >= 11 is 9.05. The number of carbonyl (C=O) groups excluding carboxylic acids is 1. The maximum Gasteiger partial charge on any atom is 0.307 e. The van der Waals surface area contributed by atoms with Gasteiger partial charge in [0.1, 0.15) is 5.58 Å². The number of fused-ring (bicyclic) bond motifs is 1. The number of benzene rings is 2. The Kier molecular flexibility index (Phi) is 7.81. The molecule has 30 heavy (non-hydrogen) atoms. The number of halogens is 3. The van der Waals surface area contributed by atoms with E-state index in [2.05, 4.69) is 71.9 Å². The molecule has 1 aromatic heterocycles. The zero-order chi connectivity index (χ0) is 21.8. The Morgan fingerprint density at radius 2 is 2.07 bits per heavy atom. The van der Waals surface area contributed by atoms with Crippen LogP contribution in [0.1, 0.15) is 36.4 Å². The van der Waals surface area contributed by atoms with E-state index < -0.39 is 5.91 Å². The van der Waals surface area contributed by atoms with E-state index in [-0.39, 0.29) is 11.9 Å². The zero-order valence-electron chi connectivity index (χ0n) is 16.5. The molecule has 0 aliphatic rings. The molecule has 2 aromatic carbocycles. The summed E-state index contributed by atoms with van der Waals surface area (Å²) in [7, 11) is 1.59. The molecular formula is C21H19Br2IN2O4. The molecule has 1 atom stereocenters. The highest BCUT2D eigenvalue weighted by atomic mass is 127. The first-order valence-corrected chi connectivity index (χ1v) is 11.7. The fourth-order valence-electron chi connectivity index (χ4n) is 2.62. The average Bonchev–Trinajstić information content (AvgIpc) is 3.14. The number of amides is 1. The lowest BCUT2D eigenvalue weighted by atomic mass is 10.2. The molecule has 0 bridgehead atoms. The number of ether oxygens (including phenoxy) is 2. The van der Waals surface area contributed by atoms with Crippen LogP contribution in [0, 0.1) is 3.57 Å². The first-order valence-electron chi connectivity index (χ1n) is 9.08. The number of furan rings is 1. The number of hydrogen-bond acceptors (Lipinski definition) is 5. The molecule has 0 saturated carbocycles. The molecular weight excluding hydrogens is 631 g/mol. The van der Waals surface area contributed by atoms with Gasteiger partial charge in [-0.3, -0.25) is 4.79 Å². The fourth-order valence-corrected chi connectivity index (χ4v) is 4.71. The van der Waals surface area contributed by atoms with Gasteiger partial charge in [-0.2, -0.15) is 5.10 Å². The smallest absolute Gasteiger partial charge is 0.307 e. The van der Waals surface area contributed by atoms with E-state index in [0.29, 0.717) is 17.1 Å². The lowest BCUT2D eigenvalue weighted by Gasteiger charge is -2.17. The molecule has 1 N–H and O–H groups in total. The molecule has 0 saturated heterocycles.